The smallest absolute Gasteiger partial charge is 0.268 e. The van der Waals surface area contributed by atoms with Gasteiger partial charge >= 0.3 is 0 Å². The number of benzene rings is 2. The predicted molar refractivity (Wildman–Crippen MR) is 119 cm³/mol. The molecular weight excluding hydrogens is 382 g/mol. The molecule has 0 unspecified atom stereocenters. The fourth-order valence-corrected chi connectivity index (χ4v) is 5.28. The molecular formula is C23H29N3O2S. The highest BCUT2D eigenvalue weighted by Gasteiger charge is 2.25. The molecule has 1 fully saturated rings. The lowest BCUT2D eigenvalue weighted by molar-refractivity contribution is 0.313. The summed E-state index contributed by atoms with van der Waals surface area (Å²) in [6.45, 7) is 9.95. The molecule has 1 saturated heterocycles. The van der Waals surface area contributed by atoms with Crippen LogP contribution < -0.4 is 4.90 Å². The summed E-state index contributed by atoms with van der Waals surface area (Å²) in [6, 6.07) is 13.3. The first-order valence-corrected chi connectivity index (χ1v) is 11.6. The van der Waals surface area contributed by atoms with Crippen LogP contribution in [0, 0.1) is 6.92 Å². The normalized spacial score (nSPS) is 16.1. The lowest BCUT2D eigenvalue weighted by atomic mass is 10.0. The predicted octanol–water partition coefficient (Wildman–Crippen LogP) is 4.06. The molecule has 5 nitrogen and oxygen atoms in total. The number of hydrogen-bond donors (Lipinski definition) is 0. The standard InChI is InChI=1S/C23H29N3O2S/c1-17(2)19-6-8-20(9-7-19)29(27,28)26-16-23(25-13-11-24(4)12-14-25)21-10-5-18(3)15-22(21)26/h5-10,15-17H,11-14H2,1-4H3. The Morgan fingerprint density at radius 1 is 0.931 bits per heavy atom. The van der Waals surface area contributed by atoms with E-state index in [0.29, 0.717) is 10.8 Å². The number of rotatable bonds is 4. The molecule has 0 radical (unpaired) electrons. The zero-order valence-electron chi connectivity index (χ0n) is 17.6. The first kappa shape index (κ1) is 20.0. The molecule has 0 saturated carbocycles. The SMILES string of the molecule is Cc1ccc2c(N3CCN(C)CC3)cn(S(=O)(=O)c3ccc(C(C)C)cc3)c2c1. The van der Waals surface area contributed by atoms with Crippen LogP contribution in [0.2, 0.25) is 0 Å². The highest BCUT2D eigenvalue weighted by Crippen LogP contribution is 2.33. The monoisotopic (exact) mass is 411 g/mol. The van der Waals surface area contributed by atoms with Crippen molar-refractivity contribution in [3.63, 3.8) is 0 Å². The number of fused-ring (bicyclic) bond motifs is 1. The maximum absolute atomic E-state index is 13.5. The fraction of sp³-hybridized carbons (Fsp3) is 0.391. The van der Waals surface area contributed by atoms with Gasteiger partial charge in [-0.3, -0.25) is 0 Å². The topological polar surface area (TPSA) is 45.5 Å². The number of nitrogens with zero attached hydrogens (tertiary/aromatic N) is 3. The lowest BCUT2D eigenvalue weighted by Gasteiger charge is -2.33. The summed E-state index contributed by atoms with van der Waals surface area (Å²) >= 11 is 0. The number of piperazine rings is 1. The van der Waals surface area contributed by atoms with Gasteiger partial charge in [-0.1, -0.05) is 38.1 Å². The molecule has 0 N–H and O–H groups in total. The Labute approximate surface area is 173 Å². The van der Waals surface area contributed by atoms with Crippen molar-refractivity contribution in [2.75, 3.05) is 38.1 Å². The number of anilines is 1. The molecule has 0 atom stereocenters. The molecule has 6 heteroatoms. The molecule has 2 heterocycles. The van der Waals surface area contributed by atoms with Gasteiger partial charge in [-0.15, -0.1) is 0 Å². The summed E-state index contributed by atoms with van der Waals surface area (Å²) in [7, 11) is -1.55. The van der Waals surface area contributed by atoms with E-state index < -0.39 is 10.0 Å². The van der Waals surface area contributed by atoms with Crippen molar-refractivity contribution >= 4 is 26.6 Å². The molecule has 1 aromatic heterocycles. The van der Waals surface area contributed by atoms with Crippen molar-refractivity contribution < 1.29 is 8.42 Å². The van der Waals surface area contributed by atoms with Gasteiger partial charge in [-0.05, 0) is 49.2 Å². The molecule has 0 amide bonds. The Hall–Kier alpha value is -2.31. The molecule has 0 aliphatic carbocycles. The van der Waals surface area contributed by atoms with Crippen molar-refractivity contribution in [2.24, 2.45) is 0 Å². The summed E-state index contributed by atoms with van der Waals surface area (Å²) < 4.78 is 28.5. The maximum Gasteiger partial charge on any atom is 0.268 e. The lowest BCUT2D eigenvalue weighted by Crippen LogP contribution is -2.44. The second kappa shape index (κ2) is 7.50. The van der Waals surface area contributed by atoms with E-state index in [1.807, 2.05) is 31.2 Å². The second-order valence-electron chi connectivity index (χ2n) is 8.35. The van der Waals surface area contributed by atoms with Crippen LogP contribution >= 0.6 is 0 Å². The van der Waals surface area contributed by atoms with Gasteiger partial charge in [0.25, 0.3) is 10.0 Å². The first-order chi connectivity index (χ1) is 13.8. The third kappa shape index (κ3) is 3.67. The average molecular weight is 412 g/mol. The molecule has 0 bridgehead atoms. The van der Waals surface area contributed by atoms with Crippen LogP contribution in [-0.2, 0) is 10.0 Å². The quantitative estimate of drug-likeness (QED) is 0.649. The molecule has 3 aromatic rings. The van der Waals surface area contributed by atoms with Crippen LogP contribution in [0.25, 0.3) is 10.9 Å². The second-order valence-corrected chi connectivity index (χ2v) is 10.2. The molecule has 29 heavy (non-hydrogen) atoms. The fourth-order valence-electron chi connectivity index (χ4n) is 3.93. The summed E-state index contributed by atoms with van der Waals surface area (Å²) in [6.07, 6.45) is 1.81. The summed E-state index contributed by atoms with van der Waals surface area (Å²) in [5.41, 5.74) is 3.92. The van der Waals surface area contributed by atoms with Crippen LogP contribution in [-0.4, -0.2) is 50.5 Å². The van der Waals surface area contributed by atoms with Gasteiger partial charge in [0, 0.05) is 37.8 Å². The van der Waals surface area contributed by atoms with E-state index in [0.717, 1.165) is 53.9 Å². The van der Waals surface area contributed by atoms with Crippen molar-refractivity contribution in [3.05, 3.63) is 59.8 Å². The average Bonchev–Trinajstić information content (AvgIpc) is 3.08. The Morgan fingerprint density at radius 2 is 1.59 bits per heavy atom. The third-order valence-corrected chi connectivity index (χ3v) is 7.54. The zero-order valence-corrected chi connectivity index (χ0v) is 18.4. The van der Waals surface area contributed by atoms with Crippen LogP contribution in [0.15, 0.2) is 53.6 Å². The van der Waals surface area contributed by atoms with E-state index in [1.54, 1.807) is 18.3 Å². The Balaban J connectivity index is 1.83. The number of aromatic nitrogens is 1. The molecule has 4 rings (SSSR count). The van der Waals surface area contributed by atoms with Gasteiger partial charge in [0.1, 0.15) is 0 Å². The molecule has 154 valence electrons. The third-order valence-electron chi connectivity index (χ3n) is 5.85. The number of hydrogen-bond acceptors (Lipinski definition) is 4. The minimum absolute atomic E-state index is 0.324. The summed E-state index contributed by atoms with van der Waals surface area (Å²) in [5.74, 6) is 0.366. The van der Waals surface area contributed by atoms with E-state index in [-0.39, 0.29) is 0 Å². The molecule has 0 spiro atoms. The van der Waals surface area contributed by atoms with E-state index in [9.17, 15) is 8.42 Å². The van der Waals surface area contributed by atoms with E-state index in [2.05, 4.69) is 36.8 Å². The van der Waals surface area contributed by atoms with Gasteiger partial charge in [-0.2, -0.15) is 0 Å². The van der Waals surface area contributed by atoms with E-state index in [4.69, 9.17) is 0 Å². The minimum Gasteiger partial charge on any atom is -0.367 e. The Kier molecular flexibility index (Phi) is 5.17. The van der Waals surface area contributed by atoms with Crippen molar-refractivity contribution in [3.8, 4) is 0 Å². The first-order valence-electron chi connectivity index (χ1n) is 10.2. The minimum atomic E-state index is -3.67. The van der Waals surface area contributed by atoms with Gasteiger partial charge in [0.05, 0.1) is 16.1 Å². The highest BCUT2D eigenvalue weighted by molar-refractivity contribution is 7.90. The largest absolute Gasteiger partial charge is 0.367 e. The van der Waals surface area contributed by atoms with Crippen LogP contribution in [0.3, 0.4) is 0 Å². The van der Waals surface area contributed by atoms with Gasteiger partial charge in [0.15, 0.2) is 0 Å². The van der Waals surface area contributed by atoms with E-state index in [1.165, 1.54) is 3.97 Å². The van der Waals surface area contributed by atoms with Crippen molar-refractivity contribution in [1.29, 1.82) is 0 Å². The van der Waals surface area contributed by atoms with Crippen molar-refractivity contribution in [2.45, 2.75) is 31.6 Å². The summed E-state index contributed by atoms with van der Waals surface area (Å²) in [4.78, 5) is 4.92. The van der Waals surface area contributed by atoms with Crippen LogP contribution in [0.4, 0.5) is 5.69 Å². The van der Waals surface area contributed by atoms with Gasteiger partial charge in [0.2, 0.25) is 0 Å². The number of likely N-dealkylation sites (N-methyl/N-ethyl adjacent to an activating group) is 1. The molecule has 1 aliphatic heterocycles. The van der Waals surface area contributed by atoms with Gasteiger partial charge < -0.3 is 9.80 Å². The Morgan fingerprint density at radius 3 is 2.21 bits per heavy atom. The van der Waals surface area contributed by atoms with E-state index >= 15 is 0 Å². The Bertz CT molecular complexity index is 1120. The molecule has 1 aliphatic rings. The summed E-state index contributed by atoms with van der Waals surface area (Å²) in [5, 5.41) is 0.988. The van der Waals surface area contributed by atoms with Crippen LogP contribution in [0.5, 0.6) is 0 Å². The zero-order chi connectivity index (χ0) is 20.8. The molecule has 2 aromatic carbocycles. The van der Waals surface area contributed by atoms with Crippen molar-refractivity contribution in [1.82, 2.24) is 8.87 Å². The van der Waals surface area contributed by atoms with Gasteiger partial charge in [-0.25, -0.2) is 12.4 Å². The number of aryl methyl sites for hydroxylation is 1. The maximum atomic E-state index is 13.5. The highest BCUT2D eigenvalue weighted by atomic mass is 32.2. The van der Waals surface area contributed by atoms with Crippen LogP contribution in [0.1, 0.15) is 30.9 Å².